The molecule has 0 amide bonds. The van der Waals surface area contributed by atoms with Crippen LogP contribution >= 0.6 is 24.0 Å². The summed E-state index contributed by atoms with van der Waals surface area (Å²) in [6.45, 7) is 2.35. The molecule has 8 heteroatoms. The molecular weight excluding hydrogens is 443 g/mol. The Balaban J connectivity index is 0.00000243. The maximum Gasteiger partial charge on any atom is 0.194 e. The third-order valence-corrected chi connectivity index (χ3v) is 4.37. The lowest BCUT2D eigenvalue weighted by atomic mass is 9.99. The van der Waals surface area contributed by atoms with Gasteiger partial charge in [0.15, 0.2) is 11.8 Å². The van der Waals surface area contributed by atoms with E-state index in [1.807, 2.05) is 23.7 Å². The van der Waals surface area contributed by atoms with Crippen LogP contribution < -0.4 is 10.1 Å². The predicted octanol–water partition coefficient (Wildman–Crippen LogP) is 2.31. The summed E-state index contributed by atoms with van der Waals surface area (Å²) in [5.41, 5.74) is 2.57. The number of guanidine groups is 1. The van der Waals surface area contributed by atoms with Crippen LogP contribution in [0, 0.1) is 0 Å². The summed E-state index contributed by atoms with van der Waals surface area (Å²) in [4.78, 5) is 6.63. The van der Waals surface area contributed by atoms with Gasteiger partial charge >= 0.3 is 0 Å². The zero-order chi connectivity index (χ0) is 17.6. The molecule has 0 saturated carbocycles. The van der Waals surface area contributed by atoms with Gasteiger partial charge in [-0.05, 0) is 29.7 Å². The van der Waals surface area contributed by atoms with Gasteiger partial charge in [0.2, 0.25) is 0 Å². The summed E-state index contributed by atoms with van der Waals surface area (Å²) >= 11 is 0. The number of hydrogen-bond donors (Lipinski definition) is 1. The number of aliphatic imine (C=N–C) groups is 1. The fraction of sp³-hybridized carbons (Fsp3) is 0.389. The van der Waals surface area contributed by atoms with E-state index in [1.165, 1.54) is 11.1 Å². The van der Waals surface area contributed by atoms with Crippen LogP contribution in [0.3, 0.4) is 0 Å². The number of nitrogens with one attached hydrogen (secondary N) is 1. The van der Waals surface area contributed by atoms with Crippen LogP contribution in [0.4, 0.5) is 0 Å². The Bertz CT molecular complexity index is 785. The lowest BCUT2D eigenvalue weighted by molar-refractivity contribution is 0.414. The van der Waals surface area contributed by atoms with Gasteiger partial charge in [-0.3, -0.25) is 4.99 Å². The van der Waals surface area contributed by atoms with Crippen molar-refractivity contribution in [2.24, 2.45) is 12.0 Å². The van der Waals surface area contributed by atoms with Crippen molar-refractivity contribution in [2.45, 2.75) is 13.0 Å². The molecule has 1 aliphatic rings. The van der Waals surface area contributed by atoms with Crippen molar-refractivity contribution in [3.63, 3.8) is 0 Å². The first-order valence-electron chi connectivity index (χ1n) is 8.33. The quantitative estimate of drug-likeness (QED) is 0.424. The maximum absolute atomic E-state index is 5.32. The van der Waals surface area contributed by atoms with E-state index in [2.05, 4.69) is 43.6 Å². The molecule has 0 spiro atoms. The molecule has 140 valence electrons. The number of nitrogens with zero attached hydrogens (tertiary/aromatic N) is 5. The zero-order valence-electron chi connectivity index (χ0n) is 15.3. The first-order chi connectivity index (χ1) is 12.2. The molecule has 7 nitrogen and oxygen atoms in total. The fourth-order valence-electron chi connectivity index (χ4n) is 2.90. The molecule has 1 aromatic heterocycles. The van der Waals surface area contributed by atoms with E-state index in [0.29, 0.717) is 6.54 Å². The normalized spacial score (nSPS) is 14.5. The standard InChI is InChI=1S/C18H24N6O.HI/c1-19-18(20-12-17-22-21-13-23(17)2)24-9-7-14(8-10-24)15-5-4-6-16(11-15)25-3;/h4-7,11,13H,8-10,12H2,1-3H3,(H,19,20);1H. The van der Waals surface area contributed by atoms with E-state index in [4.69, 9.17) is 4.74 Å². The molecule has 0 fully saturated rings. The molecule has 0 unspecified atom stereocenters. The third-order valence-electron chi connectivity index (χ3n) is 4.37. The van der Waals surface area contributed by atoms with E-state index >= 15 is 0 Å². The lowest BCUT2D eigenvalue weighted by Crippen LogP contribution is -2.43. The van der Waals surface area contributed by atoms with Crippen LogP contribution in [0.25, 0.3) is 5.57 Å². The fourth-order valence-corrected chi connectivity index (χ4v) is 2.90. The molecule has 0 aliphatic carbocycles. The third kappa shape index (κ3) is 4.75. The Hall–Kier alpha value is -2.10. The monoisotopic (exact) mass is 468 g/mol. The molecule has 1 aliphatic heterocycles. The van der Waals surface area contributed by atoms with E-state index in [0.717, 1.165) is 37.0 Å². The van der Waals surface area contributed by atoms with Gasteiger partial charge in [-0.15, -0.1) is 34.2 Å². The summed E-state index contributed by atoms with van der Waals surface area (Å²) < 4.78 is 7.22. The van der Waals surface area contributed by atoms with Gasteiger partial charge < -0.3 is 19.5 Å². The Labute approximate surface area is 171 Å². The van der Waals surface area contributed by atoms with Crippen molar-refractivity contribution in [1.82, 2.24) is 25.0 Å². The van der Waals surface area contributed by atoms with Crippen molar-refractivity contribution < 1.29 is 4.74 Å². The minimum absolute atomic E-state index is 0. The Morgan fingerprint density at radius 2 is 2.23 bits per heavy atom. The number of aromatic nitrogens is 3. The van der Waals surface area contributed by atoms with E-state index in [9.17, 15) is 0 Å². The molecule has 0 atom stereocenters. The van der Waals surface area contributed by atoms with E-state index in [1.54, 1.807) is 20.5 Å². The van der Waals surface area contributed by atoms with Crippen LogP contribution in [-0.4, -0.2) is 52.9 Å². The van der Waals surface area contributed by atoms with Crippen LogP contribution in [0.5, 0.6) is 5.75 Å². The van der Waals surface area contributed by atoms with Gasteiger partial charge in [0.1, 0.15) is 12.1 Å². The second-order valence-electron chi connectivity index (χ2n) is 5.92. The van der Waals surface area contributed by atoms with Crippen molar-refractivity contribution in [2.75, 3.05) is 27.2 Å². The molecule has 2 heterocycles. The van der Waals surface area contributed by atoms with Crippen molar-refractivity contribution in [3.8, 4) is 5.75 Å². The Morgan fingerprint density at radius 1 is 1.38 bits per heavy atom. The summed E-state index contributed by atoms with van der Waals surface area (Å²) in [5, 5.41) is 11.3. The highest BCUT2D eigenvalue weighted by Gasteiger charge is 2.17. The molecule has 2 aromatic rings. The minimum atomic E-state index is 0. The number of halogens is 1. The second-order valence-corrected chi connectivity index (χ2v) is 5.92. The largest absolute Gasteiger partial charge is 0.497 e. The Kier molecular flexibility index (Phi) is 7.43. The topological polar surface area (TPSA) is 67.6 Å². The highest BCUT2D eigenvalue weighted by Crippen LogP contribution is 2.25. The van der Waals surface area contributed by atoms with Crippen LogP contribution in [0.2, 0.25) is 0 Å². The lowest BCUT2D eigenvalue weighted by Gasteiger charge is -2.29. The molecule has 1 N–H and O–H groups in total. The summed E-state index contributed by atoms with van der Waals surface area (Å²) in [5.74, 6) is 2.65. The number of aryl methyl sites for hydroxylation is 1. The van der Waals surface area contributed by atoms with Crippen molar-refractivity contribution >= 4 is 35.5 Å². The van der Waals surface area contributed by atoms with Crippen molar-refractivity contribution in [3.05, 3.63) is 48.1 Å². The number of methoxy groups -OCH3 is 1. The molecule has 3 rings (SSSR count). The number of benzene rings is 1. The first-order valence-corrected chi connectivity index (χ1v) is 8.33. The smallest absolute Gasteiger partial charge is 0.194 e. The molecule has 26 heavy (non-hydrogen) atoms. The first kappa shape index (κ1) is 20.2. The maximum atomic E-state index is 5.32. The highest BCUT2D eigenvalue weighted by atomic mass is 127. The van der Waals surface area contributed by atoms with Crippen LogP contribution in [-0.2, 0) is 13.6 Å². The zero-order valence-corrected chi connectivity index (χ0v) is 17.7. The molecule has 1 aromatic carbocycles. The van der Waals surface area contributed by atoms with E-state index < -0.39 is 0 Å². The number of ether oxygens (including phenoxy) is 1. The van der Waals surface area contributed by atoms with Gasteiger partial charge in [-0.1, -0.05) is 18.2 Å². The summed E-state index contributed by atoms with van der Waals surface area (Å²) in [6, 6.07) is 8.22. The number of hydrogen-bond acceptors (Lipinski definition) is 4. The number of rotatable bonds is 4. The SMILES string of the molecule is CN=C(NCc1nncn1C)N1CC=C(c2cccc(OC)c2)CC1.I. The molecule has 0 radical (unpaired) electrons. The van der Waals surface area contributed by atoms with E-state index in [-0.39, 0.29) is 24.0 Å². The van der Waals surface area contributed by atoms with Gasteiger partial charge in [0, 0.05) is 27.2 Å². The molecule has 0 saturated heterocycles. The van der Waals surface area contributed by atoms with Gasteiger partial charge in [0.25, 0.3) is 0 Å². The highest BCUT2D eigenvalue weighted by molar-refractivity contribution is 14.0. The average molecular weight is 468 g/mol. The minimum Gasteiger partial charge on any atom is -0.497 e. The van der Waals surface area contributed by atoms with Gasteiger partial charge in [0.05, 0.1) is 13.7 Å². The summed E-state index contributed by atoms with van der Waals surface area (Å²) in [6.07, 6.45) is 4.93. The van der Waals surface area contributed by atoms with Crippen molar-refractivity contribution in [1.29, 1.82) is 0 Å². The second kappa shape index (κ2) is 9.56. The summed E-state index contributed by atoms with van der Waals surface area (Å²) in [7, 11) is 5.44. The molecular formula is C18H25IN6O. The van der Waals surface area contributed by atoms with Crippen LogP contribution in [0.15, 0.2) is 41.7 Å². The van der Waals surface area contributed by atoms with Gasteiger partial charge in [-0.2, -0.15) is 0 Å². The average Bonchev–Trinajstić information content (AvgIpc) is 3.08. The van der Waals surface area contributed by atoms with Crippen LogP contribution in [0.1, 0.15) is 17.8 Å². The Morgan fingerprint density at radius 3 is 2.85 bits per heavy atom. The van der Waals surface area contributed by atoms with Gasteiger partial charge in [-0.25, -0.2) is 0 Å². The predicted molar refractivity (Wildman–Crippen MR) is 114 cm³/mol. The molecule has 0 bridgehead atoms.